The molecule has 0 atom stereocenters. The lowest BCUT2D eigenvalue weighted by molar-refractivity contribution is -0.156. The third-order valence-electron chi connectivity index (χ3n) is 3.99. The maximum Gasteiger partial charge on any atom is 0.349 e. The maximum atomic E-state index is 11.7. The Balaban J connectivity index is 1.90. The Bertz CT molecular complexity index is 759. The molecule has 136 valence electrons. The van der Waals surface area contributed by atoms with Crippen LogP contribution in [0.4, 0.5) is 0 Å². The second-order valence-electron chi connectivity index (χ2n) is 6.29. The molecule has 0 aliphatic carbocycles. The molecule has 7 nitrogen and oxygen atoms in total. The Morgan fingerprint density at radius 3 is 2.52 bits per heavy atom. The predicted octanol–water partition coefficient (Wildman–Crippen LogP) is 2.10. The van der Waals surface area contributed by atoms with Gasteiger partial charge in [0.2, 0.25) is 0 Å². The van der Waals surface area contributed by atoms with Crippen molar-refractivity contribution in [3.8, 4) is 5.75 Å². The minimum absolute atomic E-state index is 0.160. The molecule has 2 aromatic rings. The molecule has 1 N–H and O–H groups in total. The number of ether oxygens (including phenoxy) is 2. The molecule has 0 saturated heterocycles. The monoisotopic (exact) mass is 347 g/mol. The van der Waals surface area contributed by atoms with Crippen LogP contribution in [0.1, 0.15) is 38.6 Å². The summed E-state index contributed by atoms with van der Waals surface area (Å²) in [5.41, 5.74) is -0.0311. The Labute approximate surface area is 147 Å². The number of rotatable bonds is 8. The molecule has 0 saturated carbocycles. The first-order valence-electron chi connectivity index (χ1n) is 8.38. The normalized spacial score (nSPS) is 11.4. The van der Waals surface area contributed by atoms with E-state index in [9.17, 15) is 9.59 Å². The fourth-order valence-electron chi connectivity index (χ4n) is 2.62. The van der Waals surface area contributed by atoms with Crippen molar-refractivity contribution in [1.82, 2.24) is 14.8 Å². The first-order chi connectivity index (χ1) is 11.9. The van der Waals surface area contributed by atoms with E-state index in [4.69, 9.17) is 9.47 Å². The number of methoxy groups -OCH3 is 1. The van der Waals surface area contributed by atoms with Gasteiger partial charge in [0, 0.05) is 13.0 Å². The number of nitrogens with zero attached hydrogens (tertiary/aromatic N) is 2. The average Bonchev–Trinajstić information content (AvgIpc) is 2.95. The Kier molecular flexibility index (Phi) is 6.01. The van der Waals surface area contributed by atoms with Gasteiger partial charge < -0.3 is 9.47 Å². The molecule has 0 amide bonds. The summed E-state index contributed by atoms with van der Waals surface area (Å²) in [4.78, 5) is 23.2. The van der Waals surface area contributed by atoms with Gasteiger partial charge in [0.1, 0.15) is 11.6 Å². The lowest BCUT2D eigenvalue weighted by Gasteiger charge is -2.23. The molecule has 1 aromatic heterocycles. The molecular weight excluding hydrogens is 322 g/mol. The van der Waals surface area contributed by atoms with E-state index in [0.717, 1.165) is 30.7 Å². The maximum absolute atomic E-state index is 11.7. The van der Waals surface area contributed by atoms with E-state index in [1.807, 2.05) is 31.2 Å². The number of aryl methyl sites for hydroxylation is 2. The van der Waals surface area contributed by atoms with Crippen LogP contribution in [-0.2, 0) is 28.9 Å². The quantitative estimate of drug-likeness (QED) is 0.739. The molecule has 1 heterocycles. The van der Waals surface area contributed by atoms with Crippen LogP contribution in [0.5, 0.6) is 5.75 Å². The highest BCUT2D eigenvalue weighted by atomic mass is 16.6. The number of H-pyrrole nitrogens is 1. The summed E-state index contributed by atoms with van der Waals surface area (Å²) in [7, 11) is 1.34. The number of hydrogen-bond donors (Lipinski definition) is 1. The third kappa shape index (κ3) is 4.71. The van der Waals surface area contributed by atoms with E-state index in [2.05, 4.69) is 10.2 Å². The van der Waals surface area contributed by atoms with Crippen molar-refractivity contribution in [2.75, 3.05) is 7.11 Å². The highest BCUT2D eigenvalue weighted by Crippen LogP contribution is 2.20. The van der Waals surface area contributed by atoms with Crippen molar-refractivity contribution in [2.24, 2.45) is 0 Å². The fraction of sp³-hybridized carbons (Fsp3) is 0.500. The minimum atomic E-state index is -1.03. The summed E-state index contributed by atoms with van der Waals surface area (Å²) >= 11 is 0. The average molecular weight is 347 g/mol. The van der Waals surface area contributed by atoms with Gasteiger partial charge in [-0.25, -0.2) is 14.7 Å². The van der Waals surface area contributed by atoms with Crippen molar-refractivity contribution in [3.05, 3.63) is 46.1 Å². The number of carbonyl (C=O) groups is 1. The van der Waals surface area contributed by atoms with E-state index in [1.54, 1.807) is 18.4 Å². The van der Waals surface area contributed by atoms with E-state index in [1.165, 1.54) is 7.11 Å². The van der Waals surface area contributed by atoms with Crippen molar-refractivity contribution in [3.63, 3.8) is 0 Å². The Hall–Kier alpha value is -2.57. The molecule has 1 aromatic carbocycles. The van der Waals surface area contributed by atoms with Gasteiger partial charge in [-0.15, -0.1) is 0 Å². The molecule has 25 heavy (non-hydrogen) atoms. The van der Waals surface area contributed by atoms with Gasteiger partial charge in [0.25, 0.3) is 0 Å². The number of carbonyl (C=O) groups excluding carboxylic acids is 1. The van der Waals surface area contributed by atoms with Crippen molar-refractivity contribution in [2.45, 2.75) is 52.2 Å². The summed E-state index contributed by atoms with van der Waals surface area (Å²) in [6, 6.07) is 7.63. The van der Waals surface area contributed by atoms with Crippen LogP contribution in [0.15, 0.2) is 29.1 Å². The molecule has 0 radical (unpaired) electrons. The molecule has 0 unspecified atom stereocenters. The Morgan fingerprint density at radius 2 is 1.92 bits per heavy atom. The molecule has 0 aliphatic heterocycles. The smallest absolute Gasteiger partial charge is 0.349 e. The van der Waals surface area contributed by atoms with Crippen LogP contribution < -0.4 is 10.4 Å². The second-order valence-corrected chi connectivity index (χ2v) is 6.29. The zero-order valence-electron chi connectivity index (χ0n) is 15.2. The molecule has 2 rings (SSSR count). The van der Waals surface area contributed by atoms with Crippen molar-refractivity contribution in [1.29, 1.82) is 0 Å². The van der Waals surface area contributed by atoms with Crippen molar-refractivity contribution >= 4 is 5.97 Å². The van der Waals surface area contributed by atoms with E-state index >= 15 is 0 Å². The highest BCUT2D eigenvalue weighted by Gasteiger charge is 2.30. The molecular formula is C18H25N3O4. The van der Waals surface area contributed by atoms with E-state index in [0.29, 0.717) is 12.3 Å². The summed E-state index contributed by atoms with van der Waals surface area (Å²) in [5.74, 6) is 0.983. The standard InChI is InChI=1S/C18H25N3O4/c1-5-21-15(19-20-17(21)23)8-6-7-13-9-11-14(12-10-13)25-18(2,3)16(22)24-4/h9-12H,5-8H2,1-4H3,(H,20,23). The molecule has 0 spiro atoms. The molecule has 0 bridgehead atoms. The topological polar surface area (TPSA) is 86.2 Å². The summed E-state index contributed by atoms with van der Waals surface area (Å²) in [6.07, 6.45) is 2.49. The van der Waals surface area contributed by atoms with Gasteiger partial charge in [0.15, 0.2) is 5.60 Å². The fourth-order valence-corrected chi connectivity index (χ4v) is 2.62. The van der Waals surface area contributed by atoms with Crippen LogP contribution in [0.2, 0.25) is 0 Å². The second kappa shape index (κ2) is 8.00. The number of nitrogens with one attached hydrogen (secondary N) is 1. The molecule has 0 aliphatic rings. The molecule has 0 fully saturated rings. The van der Waals surface area contributed by atoms with E-state index in [-0.39, 0.29) is 5.69 Å². The van der Waals surface area contributed by atoms with Crippen molar-refractivity contribution < 1.29 is 14.3 Å². The van der Waals surface area contributed by atoms with Crippen LogP contribution in [0.25, 0.3) is 0 Å². The summed E-state index contributed by atoms with van der Waals surface area (Å²) in [6.45, 7) is 5.88. The third-order valence-corrected chi connectivity index (χ3v) is 3.99. The van der Waals surface area contributed by atoms with Crippen LogP contribution >= 0.6 is 0 Å². The zero-order valence-corrected chi connectivity index (χ0v) is 15.2. The summed E-state index contributed by atoms with van der Waals surface area (Å²) in [5, 5.41) is 6.54. The number of esters is 1. The first kappa shape index (κ1) is 18.8. The highest BCUT2D eigenvalue weighted by molar-refractivity contribution is 5.78. The van der Waals surface area contributed by atoms with Crippen LogP contribution in [-0.4, -0.2) is 33.4 Å². The van der Waals surface area contributed by atoms with Crippen LogP contribution in [0.3, 0.4) is 0 Å². The lowest BCUT2D eigenvalue weighted by Crippen LogP contribution is -2.39. The van der Waals surface area contributed by atoms with Gasteiger partial charge in [0.05, 0.1) is 7.11 Å². The van der Waals surface area contributed by atoms with E-state index < -0.39 is 11.6 Å². The van der Waals surface area contributed by atoms with Gasteiger partial charge >= 0.3 is 11.7 Å². The zero-order chi connectivity index (χ0) is 18.4. The molecule has 7 heteroatoms. The number of benzene rings is 1. The number of aromatic amines is 1. The van der Waals surface area contributed by atoms with Gasteiger partial charge in [-0.1, -0.05) is 12.1 Å². The van der Waals surface area contributed by atoms with Crippen LogP contribution in [0, 0.1) is 0 Å². The summed E-state index contributed by atoms with van der Waals surface area (Å²) < 4.78 is 12.1. The number of hydrogen-bond acceptors (Lipinski definition) is 5. The Morgan fingerprint density at radius 1 is 1.24 bits per heavy atom. The minimum Gasteiger partial charge on any atom is -0.476 e. The largest absolute Gasteiger partial charge is 0.476 e. The van der Waals surface area contributed by atoms with Gasteiger partial charge in [-0.2, -0.15) is 5.10 Å². The predicted molar refractivity (Wildman–Crippen MR) is 93.7 cm³/mol. The lowest BCUT2D eigenvalue weighted by atomic mass is 10.1. The van der Waals surface area contributed by atoms with Gasteiger partial charge in [-0.05, 0) is 51.3 Å². The SMILES string of the molecule is CCn1c(CCCc2ccc(OC(C)(C)C(=O)OC)cc2)n[nH]c1=O. The number of aromatic nitrogens is 3. The van der Waals surface area contributed by atoms with Gasteiger partial charge in [-0.3, -0.25) is 4.57 Å². The first-order valence-corrected chi connectivity index (χ1v) is 8.38.